The predicted octanol–water partition coefficient (Wildman–Crippen LogP) is 2.88. The number of anilines is 1. The van der Waals surface area contributed by atoms with Crippen LogP contribution in [0.1, 0.15) is 11.4 Å². The van der Waals surface area contributed by atoms with Crippen LogP contribution in [0.25, 0.3) is 10.9 Å². The van der Waals surface area contributed by atoms with Crippen LogP contribution in [0.5, 0.6) is 0 Å². The van der Waals surface area contributed by atoms with Crippen LogP contribution >= 0.6 is 0 Å². The molecule has 4 nitrogen and oxygen atoms in total. The Balaban J connectivity index is 1.93. The standard InChI is InChI=1S/C14H14N4/c1-10-5-6-11-3-2-4-13(14(11)17-10)15-9-12-7-8-16-18-12/h2-8,15H,9H2,1H3,(H,16,18). The maximum absolute atomic E-state index is 4.59. The summed E-state index contributed by atoms with van der Waals surface area (Å²) in [4.78, 5) is 4.59. The maximum atomic E-state index is 4.59. The van der Waals surface area contributed by atoms with Gasteiger partial charge in [0.25, 0.3) is 0 Å². The molecule has 0 aliphatic heterocycles. The molecule has 3 rings (SSSR count). The third-order valence-corrected chi connectivity index (χ3v) is 2.89. The summed E-state index contributed by atoms with van der Waals surface area (Å²) in [6.45, 7) is 2.72. The number of fused-ring (bicyclic) bond motifs is 1. The number of nitrogens with zero attached hydrogens (tertiary/aromatic N) is 2. The first-order valence-corrected chi connectivity index (χ1v) is 5.91. The lowest BCUT2D eigenvalue weighted by atomic mass is 10.1. The zero-order valence-electron chi connectivity index (χ0n) is 10.1. The summed E-state index contributed by atoms with van der Waals surface area (Å²) in [5.41, 5.74) is 4.14. The fraction of sp³-hybridized carbons (Fsp3) is 0.143. The van der Waals surface area contributed by atoms with Crippen LogP contribution < -0.4 is 5.32 Å². The van der Waals surface area contributed by atoms with E-state index in [0.717, 1.165) is 28.0 Å². The van der Waals surface area contributed by atoms with Gasteiger partial charge in [-0.3, -0.25) is 10.1 Å². The summed E-state index contributed by atoms with van der Waals surface area (Å²) in [6, 6.07) is 12.2. The second-order valence-electron chi connectivity index (χ2n) is 4.27. The lowest BCUT2D eigenvalue weighted by Gasteiger charge is -2.08. The number of hydrogen-bond donors (Lipinski definition) is 2. The van der Waals surface area contributed by atoms with Crippen molar-refractivity contribution >= 4 is 16.6 Å². The van der Waals surface area contributed by atoms with Gasteiger partial charge < -0.3 is 5.32 Å². The van der Waals surface area contributed by atoms with E-state index < -0.39 is 0 Å². The number of hydrogen-bond acceptors (Lipinski definition) is 3. The van der Waals surface area contributed by atoms with E-state index in [1.54, 1.807) is 6.20 Å². The Bertz CT molecular complexity index is 659. The Labute approximate surface area is 105 Å². The second-order valence-corrected chi connectivity index (χ2v) is 4.27. The summed E-state index contributed by atoms with van der Waals surface area (Å²) in [7, 11) is 0. The Morgan fingerprint density at radius 3 is 2.94 bits per heavy atom. The summed E-state index contributed by atoms with van der Waals surface area (Å²) < 4.78 is 0. The highest BCUT2D eigenvalue weighted by molar-refractivity contribution is 5.90. The topological polar surface area (TPSA) is 53.6 Å². The van der Waals surface area contributed by atoms with E-state index in [0.29, 0.717) is 6.54 Å². The summed E-state index contributed by atoms with van der Waals surface area (Å²) in [5.74, 6) is 0. The molecule has 0 atom stereocenters. The minimum absolute atomic E-state index is 0.717. The molecule has 0 amide bonds. The largest absolute Gasteiger partial charge is 0.378 e. The van der Waals surface area contributed by atoms with Gasteiger partial charge in [0, 0.05) is 17.3 Å². The number of nitrogens with one attached hydrogen (secondary N) is 2. The number of aromatic nitrogens is 3. The van der Waals surface area contributed by atoms with Gasteiger partial charge in [-0.2, -0.15) is 5.10 Å². The molecular weight excluding hydrogens is 224 g/mol. The summed E-state index contributed by atoms with van der Waals surface area (Å²) in [6.07, 6.45) is 1.75. The molecule has 18 heavy (non-hydrogen) atoms. The number of aryl methyl sites for hydroxylation is 1. The van der Waals surface area contributed by atoms with Crippen LogP contribution in [0.3, 0.4) is 0 Å². The molecule has 4 heteroatoms. The average molecular weight is 238 g/mol. The van der Waals surface area contributed by atoms with Crippen molar-refractivity contribution in [1.82, 2.24) is 15.2 Å². The van der Waals surface area contributed by atoms with Crippen molar-refractivity contribution in [3.63, 3.8) is 0 Å². The lowest BCUT2D eigenvalue weighted by Crippen LogP contribution is -2.01. The number of para-hydroxylation sites is 1. The van der Waals surface area contributed by atoms with Crippen molar-refractivity contribution in [2.24, 2.45) is 0 Å². The molecule has 2 aromatic heterocycles. The molecule has 0 saturated heterocycles. The highest BCUT2D eigenvalue weighted by Crippen LogP contribution is 2.22. The van der Waals surface area contributed by atoms with Crippen molar-refractivity contribution < 1.29 is 0 Å². The summed E-state index contributed by atoms with van der Waals surface area (Å²) in [5, 5.41) is 11.4. The van der Waals surface area contributed by atoms with Crippen LogP contribution in [0.15, 0.2) is 42.6 Å². The van der Waals surface area contributed by atoms with E-state index in [1.807, 2.05) is 31.2 Å². The minimum atomic E-state index is 0.717. The molecule has 2 N–H and O–H groups in total. The fourth-order valence-corrected chi connectivity index (χ4v) is 1.96. The van der Waals surface area contributed by atoms with Crippen molar-refractivity contribution in [1.29, 1.82) is 0 Å². The molecule has 0 aliphatic carbocycles. The Kier molecular flexibility index (Phi) is 2.68. The SMILES string of the molecule is Cc1ccc2cccc(NCc3ccn[nH]3)c2n1. The van der Waals surface area contributed by atoms with Gasteiger partial charge in [0.2, 0.25) is 0 Å². The fourth-order valence-electron chi connectivity index (χ4n) is 1.96. The summed E-state index contributed by atoms with van der Waals surface area (Å²) >= 11 is 0. The van der Waals surface area contributed by atoms with Gasteiger partial charge in [-0.25, -0.2) is 0 Å². The molecule has 90 valence electrons. The predicted molar refractivity (Wildman–Crippen MR) is 72.4 cm³/mol. The molecule has 0 aliphatic rings. The first-order valence-electron chi connectivity index (χ1n) is 5.91. The molecule has 1 aromatic carbocycles. The molecule has 0 radical (unpaired) electrons. The van der Waals surface area contributed by atoms with E-state index in [4.69, 9.17) is 0 Å². The van der Waals surface area contributed by atoms with E-state index in [9.17, 15) is 0 Å². The molecular formula is C14H14N4. The third kappa shape index (κ3) is 2.05. The minimum Gasteiger partial charge on any atom is -0.378 e. The quantitative estimate of drug-likeness (QED) is 0.737. The van der Waals surface area contributed by atoms with Crippen molar-refractivity contribution in [3.05, 3.63) is 54.0 Å². The molecule has 3 aromatic rings. The smallest absolute Gasteiger partial charge is 0.0936 e. The van der Waals surface area contributed by atoms with Crippen LogP contribution in [0, 0.1) is 6.92 Å². The molecule has 2 heterocycles. The van der Waals surface area contributed by atoms with Gasteiger partial charge in [0.15, 0.2) is 0 Å². The number of aromatic amines is 1. The van der Waals surface area contributed by atoms with Gasteiger partial charge in [-0.15, -0.1) is 0 Å². The number of benzene rings is 1. The zero-order chi connectivity index (χ0) is 12.4. The molecule has 0 spiro atoms. The number of H-pyrrole nitrogens is 1. The van der Waals surface area contributed by atoms with E-state index in [1.165, 1.54) is 0 Å². The van der Waals surface area contributed by atoms with Gasteiger partial charge in [-0.05, 0) is 25.1 Å². The first-order chi connectivity index (χ1) is 8.83. The maximum Gasteiger partial charge on any atom is 0.0936 e. The van der Waals surface area contributed by atoms with Crippen molar-refractivity contribution in [2.45, 2.75) is 13.5 Å². The van der Waals surface area contributed by atoms with Crippen LogP contribution in [0.4, 0.5) is 5.69 Å². The normalized spacial score (nSPS) is 10.7. The van der Waals surface area contributed by atoms with E-state index >= 15 is 0 Å². The number of pyridine rings is 1. The van der Waals surface area contributed by atoms with E-state index in [-0.39, 0.29) is 0 Å². The van der Waals surface area contributed by atoms with Crippen molar-refractivity contribution in [2.75, 3.05) is 5.32 Å². The molecule has 0 unspecified atom stereocenters. The van der Waals surface area contributed by atoms with Crippen molar-refractivity contribution in [3.8, 4) is 0 Å². The highest BCUT2D eigenvalue weighted by atomic mass is 15.1. The average Bonchev–Trinajstić information content (AvgIpc) is 2.89. The second kappa shape index (κ2) is 4.49. The molecule has 0 saturated carbocycles. The van der Waals surface area contributed by atoms with Gasteiger partial charge in [0.1, 0.15) is 0 Å². The molecule has 0 bridgehead atoms. The third-order valence-electron chi connectivity index (χ3n) is 2.89. The van der Waals surface area contributed by atoms with Crippen LogP contribution in [-0.4, -0.2) is 15.2 Å². The van der Waals surface area contributed by atoms with Gasteiger partial charge in [-0.1, -0.05) is 18.2 Å². The van der Waals surface area contributed by atoms with E-state index in [2.05, 4.69) is 32.6 Å². The lowest BCUT2D eigenvalue weighted by molar-refractivity contribution is 0.982. The van der Waals surface area contributed by atoms with Crippen LogP contribution in [-0.2, 0) is 6.54 Å². The first kappa shape index (κ1) is 10.8. The molecule has 0 fully saturated rings. The highest BCUT2D eigenvalue weighted by Gasteiger charge is 2.02. The number of rotatable bonds is 3. The Morgan fingerprint density at radius 2 is 2.11 bits per heavy atom. The zero-order valence-corrected chi connectivity index (χ0v) is 10.1. The van der Waals surface area contributed by atoms with Crippen LogP contribution in [0.2, 0.25) is 0 Å². The Hall–Kier alpha value is -2.36. The van der Waals surface area contributed by atoms with Gasteiger partial charge in [0.05, 0.1) is 23.4 Å². The monoisotopic (exact) mass is 238 g/mol. The Morgan fingerprint density at radius 1 is 1.17 bits per heavy atom. The van der Waals surface area contributed by atoms with Gasteiger partial charge >= 0.3 is 0 Å².